The summed E-state index contributed by atoms with van der Waals surface area (Å²) in [5.74, 6) is 2.39. The van der Waals surface area contributed by atoms with E-state index in [2.05, 4.69) is 15.4 Å². The molecule has 9 nitrogen and oxygen atoms in total. The zero-order valence-corrected chi connectivity index (χ0v) is 19.5. The highest BCUT2D eigenvalue weighted by Crippen LogP contribution is 2.19. The van der Waals surface area contributed by atoms with Gasteiger partial charge in [-0.2, -0.15) is 0 Å². The largest absolute Gasteiger partial charge is 0.489 e. The molecular formula is C25H31N3O6. The topological polar surface area (TPSA) is 121 Å². The molecule has 34 heavy (non-hydrogen) atoms. The quantitative estimate of drug-likeness (QED) is 0.461. The highest BCUT2D eigenvalue weighted by Gasteiger charge is 2.28. The van der Waals surface area contributed by atoms with Crippen LogP contribution in [-0.2, 0) is 19.8 Å². The van der Waals surface area contributed by atoms with E-state index < -0.39 is 12.1 Å². The number of benzene rings is 1. The van der Waals surface area contributed by atoms with Crippen LogP contribution in [0.1, 0.15) is 51.7 Å². The van der Waals surface area contributed by atoms with E-state index in [4.69, 9.17) is 13.7 Å². The zero-order chi connectivity index (χ0) is 24.1. The van der Waals surface area contributed by atoms with E-state index in [-0.39, 0.29) is 12.5 Å². The van der Waals surface area contributed by atoms with Crippen LogP contribution in [0.5, 0.6) is 5.75 Å². The molecular weight excluding hydrogens is 438 g/mol. The lowest BCUT2D eigenvalue weighted by molar-refractivity contribution is 0.0794. The van der Waals surface area contributed by atoms with Crippen LogP contribution < -0.4 is 10.1 Å². The number of aliphatic hydroxyl groups is 2. The van der Waals surface area contributed by atoms with E-state index in [0.717, 1.165) is 35.7 Å². The fraction of sp³-hybridized carbons (Fsp3) is 0.440. The summed E-state index contributed by atoms with van der Waals surface area (Å²) in [6.45, 7) is 5.75. The summed E-state index contributed by atoms with van der Waals surface area (Å²) in [5.41, 5.74) is 2.20. The minimum absolute atomic E-state index is 0.138. The number of hydrogen-bond acceptors (Lipinski definition) is 8. The first kappa shape index (κ1) is 24.0. The monoisotopic (exact) mass is 469 g/mol. The maximum absolute atomic E-state index is 12.9. The van der Waals surface area contributed by atoms with E-state index in [0.29, 0.717) is 43.2 Å². The fourth-order valence-electron chi connectivity index (χ4n) is 4.13. The SMILES string of the molecule is Cc1noc(C)c1COc1ccc(C(=O)N[C@@H]2CN(Cc3ccc(CO)o3)CCC[C@H]2O)cc1. The Labute approximate surface area is 198 Å². The fourth-order valence-corrected chi connectivity index (χ4v) is 4.13. The van der Waals surface area contributed by atoms with Crippen LogP contribution in [-0.4, -0.2) is 51.4 Å². The zero-order valence-electron chi connectivity index (χ0n) is 19.5. The van der Waals surface area contributed by atoms with Gasteiger partial charge in [-0.05, 0) is 69.6 Å². The van der Waals surface area contributed by atoms with Crippen molar-refractivity contribution in [2.24, 2.45) is 0 Å². The molecule has 1 fully saturated rings. The molecule has 0 aliphatic carbocycles. The van der Waals surface area contributed by atoms with Gasteiger partial charge in [-0.25, -0.2) is 0 Å². The van der Waals surface area contributed by atoms with Crippen molar-refractivity contribution in [1.82, 2.24) is 15.4 Å². The first-order chi connectivity index (χ1) is 16.4. The Morgan fingerprint density at radius 2 is 1.97 bits per heavy atom. The Bertz CT molecular complexity index is 1070. The highest BCUT2D eigenvalue weighted by molar-refractivity contribution is 5.94. The lowest BCUT2D eigenvalue weighted by atomic mass is 10.1. The minimum atomic E-state index is -0.629. The predicted molar refractivity (Wildman–Crippen MR) is 123 cm³/mol. The number of carbonyl (C=O) groups excluding carboxylic acids is 1. The number of carbonyl (C=O) groups is 1. The van der Waals surface area contributed by atoms with Crippen molar-refractivity contribution in [1.29, 1.82) is 0 Å². The van der Waals surface area contributed by atoms with Gasteiger partial charge in [-0.15, -0.1) is 0 Å². The number of amides is 1. The van der Waals surface area contributed by atoms with E-state index in [1.54, 1.807) is 30.3 Å². The molecule has 9 heteroatoms. The number of nitrogens with zero attached hydrogens (tertiary/aromatic N) is 2. The Kier molecular flexibility index (Phi) is 7.66. The molecule has 1 aromatic carbocycles. The van der Waals surface area contributed by atoms with Crippen LogP contribution in [0.2, 0.25) is 0 Å². The van der Waals surface area contributed by atoms with Gasteiger partial charge in [0.05, 0.1) is 29.9 Å². The van der Waals surface area contributed by atoms with Gasteiger partial charge in [0.15, 0.2) is 0 Å². The van der Waals surface area contributed by atoms with Gasteiger partial charge in [0.1, 0.15) is 36.2 Å². The van der Waals surface area contributed by atoms with Gasteiger partial charge in [0.2, 0.25) is 0 Å². The van der Waals surface area contributed by atoms with Crippen LogP contribution in [0.15, 0.2) is 45.3 Å². The number of aliphatic hydroxyl groups excluding tert-OH is 2. The summed E-state index contributed by atoms with van der Waals surface area (Å²) in [4.78, 5) is 15.0. The Hall–Kier alpha value is -3.14. The number of ether oxygens (including phenoxy) is 1. The van der Waals surface area contributed by atoms with Crippen molar-refractivity contribution in [2.75, 3.05) is 13.1 Å². The molecule has 0 unspecified atom stereocenters. The molecule has 1 aliphatic heterocycles. The number of furan rings is 1. The first-order valence-corrected chi connectivity index (χ1v) is 11.5. The molecule has 0 bridgehead atoms. The third-order valence-electron chi connectivity index (χ3n) is 6.14. The summed E-state index contributed by atoms with van der Waals surface area (Å²) >= 11 is 0. The number of aromatic nitrogens is 1. The number of likely N-dealkylation sites (tertiary alicyclic amines) is 1. The third-order valence-corrected chi connectivity index (χ3v) is 6.14. The number of nitrogens with one attached hydrogen (secondary N) is 1. The smallest absolute Gasteiger partial charge is 0.251 e. The predicted octanol–water partition coefficient (Wildman–Crippen LogP) is 2.71. The second-order valence-electron chi connectivity index (χ2n) is 8.67. The Morgan fingerprint density at radius 3 is 2.65 bits per heavy atom. The molecule has 0 radical (unpaired) electrons. The molecule has 2 aromatic heterocycles. The van der Waals surface area contributed by atoms with Crippen molar-refractivity contribution in [3.05, 3.63) is 70.5 Å². The lowest BCUT2D eigenvalue weighted by Gasteiger charge is -2.26. The number of hydrogen-bond donors (Lipinski definition) is 3. The molecule has 1 saturated heterocycles. The van der Waals surface area contributed by atoms with Crippen LogP contribution in [0.25, 0.3) is 0 Å². The summed E-state index contributed by atoms with van der Waals surface area (Å²) in [6.07, 6.45) is 0.796. The van der Waals surface area contributed by atoms with E-state index in [1.165, 1.54) is 0 Å². The third kappa shape index (κ3) is 5.85. The summed E-state index contributed by atoms with van der Waals surface area (Å²) in [7, 11) is 0. The normalized spacial score (nSPS) is 19.1. The molecule has 182 valence electrons. The highest BCUT2D eigenvalue weighted by atomic mass is 16.5. The average Bonchev–Trinajstić information content (AvgIpc) is 3.37. The van der Waals surface area contributed by atoms with Gasteiger partial charge in [-0.1, -0.05) is 5.16 Å². The number of aryl methyl sites for hydroxylation is 2. The van der Waals surface area contributed by atoms with Crippen molar-refractivity contribution in [3.63, 3.8) is 0 Å². The second kappa shape index (κ2) is 10.9. The molecule has 4 rings (SSSR count). The summed E-state index contributed by atoms with van der Waals surface area (Å²) in [5, 5.41) is 26.7. The molecule has 1 aliphatic rings. The molecule has 2 atom stereocenters. The number of rotatable bonds is 8. The lowest BCUT2D eigenvalue weighted by Crippen LogP contribution is -2.48. The van der Waals surface area contributed by atoms with E-state index in [1.807, 2.05) is 19.9 Å². The van der Waals surface area contributed by atoms with Crippen molar-refractivity contribution in [3.8, 4) is 5.75 Å². The van der Waals surface area contributed by atoms with Crippen LogP contribution in [0.4, 0.5) is 0 Å². The molecule has 1 amide bonds. The van der Waals surface area contributed by atoms with Gasteiger partial charge in [-0.3, -0.25) is 9.69 Å². The first-order valence-electron chi connectivity index (χ1n) is 11.5. The molecule has 0 saturated carbocycles. The minimum Gasteiger partial charge on any atom is -0.489 e. The summed E-state index contributed by atoms with van der Waals surface area (Å²) in [6, 6.07) is 10.1. The Morgan fingerprint density at radius 1 is 1.21 bits per heavy atom. The van der Waals surface area contributed by atoms with Crippen LogP contribution in [0, 0.1) is 13.8 Å². The Balaban J connectivity index is 1.34. The van der Waals surface area contributed by atoms with Gasteiger partial charge < -0.3 is 29.2 Å². The van der Waals surface area contributed by atoms with Crippen LogP contribution in [0.3, 0.4) is 0 Å². The van der Waals surface area contributed by atoms with Crippen molar-refractivity contribution in [2.45, 2.75) is 58.6 Å². The second-order valence-corrected chi connectivity index (χ2v) is 8.67. The molecule has 0 spiro atoms. The standard InChI is InChI=1S/C25H31N3O6/c1-16-22(17(2)34-27-16)15-32-19-7-5-18(6-8-19)25(31)26-23-13-28(11-3-4-24(23)30)12-20-9-10-21(14-29)33-20/h5-10,23-24,29-30H,3-4,11-15H2,1-2H3,(H,26,31)/t23-,24-/m1/s1. The van der Waals surface area contributed by atoms with E-state index in [9.17, 15) is 15.0 Å². The average molecular weight is 470 g/mol. The molecule has 3 N–H and O–H groups in total. The maximum Gasteiger partial charge on any atom is 0.251 e. The van der Waals surface area contributed by atoms with Gasteiger partial charge in [0.25, 0.3) is 5.91 Å². The van der Waals surface area contributed by atoms with Gasteiger partial charge in [0, 0.05) is 12.1 Å². The van der Waals surface area contributed by atoms with Crippen LogP contribution >= 0.6 is 0 Å². The van der Waals surface area contributed by atoms with Crippen molar-refractivity contribution < 1.29 is 28.7 Å². The summed E-state index contributed by atoms with van der Waals surface area (Å²) < 4.78 is 16.6. The molecule has 3 aromatic rings. The van der Waals surface area contributed by atoms with Gasteiger partial charge >= 0.3 is 0 Å². The molecule has 3 heterocycles. The van der Waals surface area contributed by atoms with Crippen molar-refractivity contribution >= 4 is 5.91 Å². The maximum atomic E-state index is 12.9. The van der Waals surface area contributed by atoms with E-state index >= 15 is 0 Å².